The molecule has 2 fully saturated rings. The Bertz CT molecular complexity index is 191. The molecule has 3 unspecified atom stereocenters. The molecular formula is C12H24N2. The van der Waals surface area contributed by atoms with Crippen molar-refractivity contribution in [2.45, 2.75) is 32.7 Å². The third-order valence-corrected chi connectivity index (χ3v) is 4.16. The average Bonchev–Trinajstić information content (AvgIpc) is 2.17. The molecule has 0 bridgehead atoms. The third kappa shape index (κ3) is 1.82. The molecule has 2 rings (SSSR count). The van der Waals surface area contributed by atoms with Gasteiger partial charge in [0.2, 0.25) is 0 Å². The van der Waals surface area contributed by atoms with Crippen molar-refractivity contribution in [2.75, 3.05) is 26.7 Å². The standard InChI is InChI=1S/C12H24N2/c1-9(2)12-11-8-13-6-4-10(11)5-7-14(12)3/h9-13H,4-8H2,1-3H3. The van der Waals surface area contributed by atoms with Crippen LogP contribution in [0.25, 0.3) is 0 Å². The Kier molecular flexibility index (Phi) is 3.13. The zero-order chi connectivity index (χ0) is 10.1. The third-order valence-electron chi connectivity index (χ3n) is 4.16. The molecule has 0 amide bonds. The molecule has 0 radical (unpaired) electrons. The van der Waals surface area contributed by atoms with Crippen LogP contribution in [0.5, 0.6) is 0 Å². The second-order valence-electron chi connectivity index (χ2n) is 5.42. The lowest BCUT2D eigenvalue weighted by atomic mass is 9.72. The normalized spacial score (nSPS) is 39.9. The van der Waals surface area contributed by atoms with Crippen LogP contribution in [-0.4, -0.2) is 37.6 Å². The molecule has 0 saturated carbocycles. The van der Waals surface area contributed by atoms with E-state index in [1.165, 1.54) is 32.5 Å². The van der Waals surface area contributed by atoms with E-state index in [4.69, 9.17) is 0 Å². The highest BCUT2D eigenvalue weighted by Gasteiger charge is 2.38. The predicted octanol–water partition coefficient (Wildman–Crippen LogP) is 1.57. The van der Waals surface area contributed by atoms with Crippen LogP contribution in [0.4, 0.5) is 0 Å². The summed E-state index contributed by atoms with van der Waals surface area (Å²) in [5.41, 5.74) is 0. The Morgan fingerprint density at radius 2 is 2.07 bits per heavy atom. The van der Waals surface area contributed by atoms with Crippen molar-refractivity contribution in [3.05, 3.63) is 0 Å². The van der Waals surface area contributed by atoms with E-state index in [2.05, 4.69) is 31.1 Å². The minimum Gasteiger partial charge on any atom is -0.316 e. The average molecular weight is 196 g/mol. The molecule has 2 saturated heterocycles. The van der Waals surface area contributed by atoms with Crippen LogP contribution in [0.3, 0.4) is 0 Å². The fourth-order valence-corrected chi connectivity index (χ4v) is 3.54. The number of likely N-dealkylation sites (tertiary alicyclic amines) is 1. The predicted molar refractivity (Wildman–Crippen MR) is 60.3 cm³/mol. The molecule has 1 N–H and O–H groups in total. The molecule has 0 aromatic carbocycles. The number of nitrogens with one attached hydrogen (secondary N) is 1. The molecule has 14 heavy (non-hydrogen) atoms. The van der Waals surface area contributed by atoms with Gasteiger partial charge in [0.1, 0.15) is 0 Å². The van der Waals surface area contributed by atoms with Crippen molar-refractivity contribution in [2.24, 2.45) is 17.8 Å². The van der Waals surface area contributed by atoms with E-state index in [0.717, 1.165) is 23.8 Å². The van der Waals surface area contributed by atoms with Crippen molar-refractivity contribution in [1.29, 1.82) is 0 Å². The highest BCUT2D eigenvalue weighted by molar-refractivity contribution is 4.93. The zero-order valence-electron chi connectivity index (χ0n) is 9.79. The topological polar surface area (TPSA) is 15.3 Å². The Morgan fingerprint density at radius 3 is 2.79 bits per heavy atom. The Morgan fingerprint density at radius 1 is 1.29 bits per heavy atom. The molecular weight excluding hydrogens is 172 g/mol. The van der Waals surface area contributed by atoms with Crippen LogP contribution in [0, 0.1) is 17.8 Å². The van der Waals surface area contributed by atoms with E-state index < -0.39 is 0 Å². The SMILES string of the molecule is CC(C)C1C2CNCCC2CCN1C. The molecule has 82 valence electrons. The van der Waals surface area contributed by atoms with Gasteiger partial charge in [-0.2, -0.15) is 0 Å². The first-order valence-corrected chi connectivity index (χ1v) is 6.11. The largest absolute Gasteiger partial charge is 0.316 e. The number of hydrogen-bond acceptors (Lipinski definition) is 2. The van der Waals surface area contributed by atoms with Crippen LogP contribution in [-0.2, 0) is 0 Å². The maximum atomic E-state index is 3.56. The van der Waals surface area contributed by atoms with Crippen molar-refractivity contribution in [1.82, 2.24) is 10.2 Å². The molecule has 0 spiro atoms. The van der Waals surface area contributed by atoms with Gasteiger partial charge in [0.05, 0.1) is 0 Å². The molecule has 3 atom stereocenters. The summed E-state index contributed by atoms with van der Waals surface area (Å²) in [5, 5.41) is 3.56. The maximum Gasteiger partial charge on any atom is 0.0158 e. The van der Waals surface area contributed by atoms with Crippen LogP contribution >= 0.6 is 0 Å². The van der Waals surface area contributed by atoms with E-state index in [9.17, 15) is 0 Å². The number of nitrogens with zero attached hydrogens (tertiary/aromatic N) is 1. The van der Waals surface area contributed by atoms with Gasteiger partial charge in [-0.3, -0.25) is 0 Å². The van der Waals surface area contributed by atoms with Gasteiger partial charge in [-0.05, 0) is 57.3 Å². The molecule has 0 aliphatic carbocycles. The lowest BCUT2D eigenvalue weighted by Crippen LogP contribution is -2.55. The second kappa shape index (κ2) is 4.19. The first-order valence-electron chi connectivity index (χ1n) is 6.11. The number of fused-ring (bicyclic) bond motifs is 1. The van der Waals surface area contributed by atoms with Crippen LogP contribution in [0.15, 0.2) is 0 Å². The molecule has 2 aliphatic rings. The highest BCUT2D eigenvalue weighted by Crippen LogP contribution is 2.35. The summed E-state index contributed by atoms with van der Waals surface area (Å²) in [6, 6.07) is 0.807. The lowest BCUT2D eigenvalue weighted by molar-refractivity contribution is 0.0241. The van der Waals surface area contributed by atoms with E-state index in [0.29, 0.717) is 0 Å². The van der Waals surface area contributed by atoms with Gasteiger partial charge in [0, 0.05) is 6.04 Å². The smallest absolute Gasteiger partial charge is 0.0158 e. The number of rotatable bonds is 1. The van der Waals surface area contributed by atoms with Gasteiger partial charge in [0.25, 0.3) is 0 Å². The van der Waals surface area contributed by atoms with Crippen molar-refractivity contribution >= 4 is 0 Å². The van der Waals surface area contributed by atoms with Gasteiger partial charge in [-0.1, -0.05) is 13.8 Å². The summed E-state index contributed by atoms with van der Waals surface area (Å²) in [7, 11) is 2.30. The Balaban J connectivity index is 2.09. The van der Waals surface area contributed by atoms with Gasteiger partial charge in [-0.25, -0.2) is 0 Å². The fourth-order valence-electron chi connectivity index (χ4n) is 3.54. The zero-order valence-corrected chi connectivity index (χ0v) is 9.79. The van der Waals surface area contributed by atoms with Crippen LogP contribution in [0.1, 0.15) is 26.7 Å². The van der Waals surface area contributed by atoms with Gasteiger partial charge in [0.15, 0.2) is 0 Å². The first-order chi connectivity index (χ1) is 6.70. The number of hydrogen-bond donors (Lipinski definition) is 1. The van der Waals surface area contributed by atoms with Crippen LogP contribution < -0.4 is 5.32 Å². The van der Waals surface area contributed by atoms with E-state index >= 15 is 0 Å². The van der Waals surface area contributed by atoms with E-state index in [-0.39, 0.29) is 0 Å². The molecule has 2 heteroatoms. The summed E-state index contributed by atoms with van der Waals surface area (Å²) in [6.07, 6.45) is 2.83. The van der Waals surface area contributed by atoms with E-state index in [1.807, 2.05) is 0 Å². The number of piperidine rings is 2. The monoisotopic (exact) mass is 196 g/mol. The quantitative estimate of drug-likeness (QED) is 0.685. The van der Waals surface area contributed by atoms with Crippen molar-refractivity contribution in [3.8, 4) is 0 Å². The summed E-state index contributed by atoms with van der Waals surface area (Å²) in [6.45, 7) is 8.55. The molecule has 2 heterocycles. The summed E-state index contributed by atoms with van der Waals surface area (Å²) < 4.78 is 0. The minimum absolute atomic E-state index is 0.799. The molecule has 2 nitrogen and oxygen atoms in total. The van der Waals surface area contributed by atoms with Gasteiger partial charge in [-0.15, -0.1) is 0 Å². The minimum atomic E-state index is 0.799. The summed E-state index contributed by atoms with van der Waals surface area (Å²) in [4.78, 5) is 2.58. The Labute approximate surface area is 88.1 Å². The summed E-state index contributed by atoms with van der Waals surface area (Å²) >= 11 is 0. The molecule has 0 aromatic rings. The highest BCUT2D eigenvalue weighted by atomic mass is 15.2. The van der Waals surface area contributed by atoms with Crippen molar-refractivity contribution < 1.29 is 0 Å². The summed E-state index contributed by atoms with van der Waals surface area (Å²) in [5.74, 6) is 2.70. The van der Waals surface area contributed by atoms with Crippen LogP contribution in [0.2, 0.25) is 0 Å². The maximum absolute atomic E-state index is 3.56. The Hall–Kier alpha value is -0.0800. The van der Waals surface area contributed by atoms with E-state index in [1.54, 1.807) is 0 Å². The lowest BCUT2D eigenvalue weighted by Gasteiger charge is -2.48. The second-order valence-corrected chi connectivity index (χ2v) is 5.42. The first kappa shape index (κ1) is 10.4. The fraction of sp³-hybridized carbons (Fsp3) is 1.00. The molecule has 2 aliphatic heterocycles. The van der Waals surface area contributed by atoms with Crippen molar-refractivity contribution in [3.63, 3.8) is 0 Å². The molecule has 0 aromatic heterocycles. The van der Waals surface area contributed by atoms with Gasteiger partial charge >= 0.3 is 0 Å². The van der Waals surface area contributed by atoms with Gasteiger partial charge < -0.3 is 10.2 Å².